The standard InChI is InChI=1S/C21H35N3O3S.HI/c1-2-22-21(23-11-6-13-27-17-19-9-14-26-15-10-19)24-12-16-28(25)18-20-7-4-3-5-8-20;/h3-5,7-8,19H,2,6,9-18H2,1H3,(H2,22,23,24);1H. The fraction of sp³-hybridized carbons (Fsp3) is 0.667. The molecule has 1 saturated heterocycles. The summed E-state index contributed by atoms with van der Waals surface area (Å²) < 4.78 is 23.3. The molecule has 1 unspecified atom stereocenters. The van der Waals surface area contributed by atoms with Gasteiger partial charge >= 0.3 is 0 Å². The summed E-state index contributed by atoms with van der Waals surface area (Å²) in [7, 11) is -0.878. The minimum absolute atomic E-state index is 0. The minimum atomic E-state index is -0.878. The van der Waals surface area contributed by atoms with Crippen LogP contribution in [0.3, 0.4) is 0 Å². The summed E-state index contributed by atoms with van der Waals surface area (Å²) >= 11 is 0. The Balaban J connectivity index is 0.00000420. The number of ether oxygens (including phenoxy) is 2. The minimum Gasteiger partial charge on any atom is -0.381 e. The second kappa shape index (κ2) is 17.0. The van der Waals surface area contributed by atoms with E-state index in [-0.39, 0.29) is 24.0 Å². The zero-order chi connectivity index (χ0) is 19.9. The Bertz CT molecular complexity index is 584. The molecule has 1 aliphatic rings. The third kappa shape index (κ3) is 12.6. The molecule has 8 heteroatoms. The van der Waals surface area contributed by atoms with Crippen molar-refractivity contribution in [3.63, 3.8) is 0 Å². The van der Waals surface area contributed by atoms with E-state index < -0.39 is 10.8 Å². The Morgan fingerprint density at radius 1 is 1.24 bits per heavy atom. The monoisotopic (exact) mass is 537 g/mol. The lowest BCUT2D eigenvalue weighted by molar-refractivity contribution is 0.0205. The number of guanidine groups is 1. The van der Waals surface area contributed by atoms with Gasteiger partial charge in [0, 0.05) is 68.4 Å². The number of hydrogen-bond donors (Lipinski definition) is 2. The van der Waals surface area contributed by atoms with E-state index in [1.807, 2.05) is 37.3 Å². The van der Waals surface area contributed by atoms with E-state index in [1.54, 1.807) is 0 Å². The maximum Gasteiger partial charge on any atom is 0.191 e. The first-order valence-corrected chi connectivity index (χ1v) is 11.8. The molecule has 1 aliphatic heterocycles. The van der Waals surface area contributed by atoms with E-state index in [4.69, 9.17) is 9.47 Å². The van der Waals surface area contributed by atoms with Crippen molar-refractivity contribution in [2.75, 3.05) is 51.8 Å². The average Bonchev–Trinajstić information content (AvgIpc) is 2.72. The van der Waals surface area contributed by atoms with Crippen molar-refractivity contribution in [1.29, 1.82) is 0 Å². The van der Waals surface area contributed by atoms with Crippen LogP contribution in [0.2, 0.25) is 0 Å². The number of aliphatic imine (C=N–C) groups is 1. The Kier molecular flexibility index (Phi) is 15.5. The zero-order valence-electron chi connectivity index (χ0n) is 17.4. The van der Waals surface area contributed by atoms with E-state index in [9.17, 15) is 4.21 Å². The molecule has 0 radical (unpaired) electrons. The van der Waals surface area contributed by atoms with Gasteiger partial charge in [0.25, 0.3) is 0 Å². The molecular formula is C21H36IN3O3S. The SMILES string of the molecule is CCNC(=NCCCOCC1CCOCC1)NCCS(=O)Cc1ccccc1.I. The smallest absolute Gasteiger partial charge is 0.191 e. The van der Waals surface area contributed by atoms with Crippen LogP contribution in [-0.4, -0.2) is 62.0 Å². The van der Waals surface area contributed by atoms with Crippen molar-refractivity contribution in [3.8, 4) is 0 Å². The topological polar surface area (TPSA) is 72.0 Å². The zero-order valence-corrected chi connectivity index (χ0v) is 20.6. The molecule has 29 heavy (non-hydrogen) atoms. The fourth-order valence-electron chi connectivity index (χ4n) is 2.98. The molecule has 0 saturated carbocycles. The number of benzene rings is 1. The van der Waals surface area contributed by atoms with Crippen molar-refractivity contribution < 1.29 is 13.7 Å². The van der Waals surface area contributed by atoms with Crippen LogP contribution in [0.5, 0.6) is 0 Å². The summed E-state index contributed by atoms with van der Waals surface area (Å²) in [6, 6.07) is 9.97. The second-order valence-corrected chi connectivity index (χ2v) is 8.52. The third-order valence-electron chi connectivity index (χ3n) is 4.55. The number of nitrogens with zero attached hydrogens (tertiary/aromatic N) is 1. The summed E-state index contributed by atoms with van der Waals surface area (Å²) in [5, 5.41) is 6.50. The van der Waals surface area contributed by atoms with Crippen molar-refractivity contribution in [2.45, 2.75) is 31.9 Å². The van der Waals surface area contributed by atoms with Crippen LogP contribution in [0.4, 0.5) is 0 Å². The molecule has 1 fully saturated rings. The molecule has 0 bridgehead atoms. The number of rotatable bonds is 12. The highest BCUT2D eigenvalue weighted by Crippen LogP contribution is 2.14. The van der Waals surface area contributed by atoms with E-state index in [0.29, 0.717) is 24.0 Å². The first-order chi connectivity index (χ1) is 13.8. The highest BCUT2D eigenvalue weighted by molar-refractivity contribution is 14.0. The van der Waals surface area contributed by atoms with Crippen LogP contribution in [0.25, 0.3) is 0 Å². The molecule has 2 N–H and O–H groups in total. The molecule has 166 valence electrons. The molecular weight excluding hydrogens is 501 g/mol. The highest BCUT2D eigenvalue weighted by atomic mass is 127. The molecule has 0 aromatic heterocycles. The first kappa shape index (κ1) is 26.3. The fourth-order valence-corrected chi connectivity index (χ4v) is 4.02. The van der Waals surface area contributed by atoms with Gasteiger partial charge in [0.05, 0.1) is 0 Å². The van der Waals surface area contributed by atoms with Gasteiger partial charge in [0.1, 0.15) is 0 Å². The summed E-state index contributed by atoms with van der Waals surface area (Å²) in [5.41, 5.74) is 1.11. The van der Waals surface area contributed by atoms with Crippen LogP contribution in [0.1, 0.15) is 31.7 Å². The molecule has 1 aromatic carbocycles. The van der Waals surface area contributed by atoms with E-state index in [1.165, 1.54) is 0 Å². The summed E-state index contributed by atoms with van der Waals surface area (Å²) in [4.78, 5) is 4.57. The molecule has 1 heterocycles. The van der Waals surface area contributed by atoms with Crippen molar-refractivity contribution in [2.24, 2.45) is 10.9 Å². The van der Waals surface area contributed by atoms with Crippen molar-refractivity contribution >= 4 is 40.7 Å². The van der Waals surface area contributed by atoms with Crippen LogP contribution in [0.15, 0.2) is 35.3 Å². The van der Waals surface area contributed by atoms with E-state index in [0.717, 1.165) is 70.3 Å². The van der Waals surface area contributed by atoms with Gasteiger partial charge in [0.2, 0.25) is 0 Å². The molecule has 0 spiro atoms. The van der Waals surface area contributed by atoms with Gasteiger partial charge in [-0.1, -0.05) is 30.3 Å². The average molecular weight is 538 g/mol. The third-order valence-corrected chi connectivity index (χ3v) is 5.86. The lowest BCUT2D eigenvalue weighted by Crippen LogP contribution is -2.39. The second-order valence-electron chi connectivity index (χ2n) is 6.95. The maximum atomic E-state index is 12.2. The molecule has 1 atom stereocenters. The van der Waals surface area contributed by atoms with E-state index >= 15 is 0 Å². The summed E-state index contributed by atoms with van der Waals surface area (Å²) in [6.07, 6.45) is 3.12. The number of halogens is 1. The lowest BCUT2D eigenvalue weighted by Gasteiger charge is -2.21. The number of hydrogen-bond acceptors (Lipinski definition) is 4. The molecule has 0 amide bonds. The largest absolute Gasteiger partial charge is 0.381 e. The van der Waals surface area contributed by atoms with Gasteiger partial charge in [-0.05, 0) is 37.7 Å². The lowest BCUT2D eigenvalue weighted by atomic mass is 10.0. The molecule has 0 aliphatic carbocycles. The maximum absolute atomic E-state index is 12.2. The van der Waals surface area contributed by atoms with E-state index in [2.05, 4.69) is 15.6 Å². The van der Waals surface area contributed by atoms with Crippen LogP contribution in [-0.2, 0) is 26.0 Å². The summed E-state index contributed by atoms with van der Waals surface area (Å²) in [6.45, 7) is 7.51. The van der Waals surface area contributed by atoms with Crippen LogP contribution >= 0.6 is 24.0 Å². The first-order valence-electron chi connectivity index (χ1n) is 10.3. The van der Waals surface area contributed by atoms with Crippen molar-refractivity contribution in [3.05, 3.63) is 35.9 Å². The molecule has 6 nitrogen and oxygen atoms in total. The van der Waals surface area contributed by atoms with Gasteiger partial charge in [-0.25, -0.2) is 0 Å². The highest BCUT2D eigenvalue weighted by Gasteiger charge is 2.13. The summed E-state index contributed by atoms with van der Waals surface area (Å²) in [5.74, 6) is 2.63. The molecule has 2 rings (SSSR count). The van der Waals surface area contributed by atoms with Gasteiger partial charge < -0.3 is 20.1 Å². The van der Waals surface area contributed by atoms with Gasteiger partial charge in [-0.2, -0.15) is 0 Å². The quantitative estimate of drug-likeness (QED) is 0.186. The Morgan fingerprint density at radius 3 is 2.72 bits per heavy atom. The van der Waals surface area contributed by atoms with Crippen LogP contribution in [0, 0.1) is 5.92 Å². The van der Waals surface area contributed by atoms with Gasteiger partial charge in [-0.15, -0.1) is 24.0 Å². The van der Waals surface area contributed by atoms with Gasteiger partial charge in [-0.3, -0.25) is 9.20 Å². The Labute approximate surface area is 195 Å². The van der Waals surface area contributed by atoms with Gasteiger partial charge in [0.15, 0.2) is 5.96 Å². The van der Waals surface area contributed by atoms with Crippen molar-refractivity contribution in [1.82, 2.24) is 10.6 Å². The van der Waals surface area contributed by atoms with Crippen LogP contribution < -0.4 is 10.6 Å². The Morgan fingerprint density at radius 2 is 2.00 bits per heavy atom. The number of nitrogens with one attached hydrogen (secondary N) is 2. The normalized spacial score (nSPS) is 16.1. The Hall–Kier alpha value is -0.710. The predicted octanol–water partition coefficient (Wildman–Crippen LogP) is 2.94. The predicted molar refractivity (Wildman–Crippen MR) is 132 cm³/mol. The molecule has 1 aromatic rings.